The van der Waals surface area contributed by atoms with Crippen LogP contribution in [0.1, 0.15) is 0 Å². The lowest BCUT2D eigenvalue weighted by Gasteiger charge is -1.86. The lowest BCUT2D eigenvalue weighted by molar-refractivity contribution is 0.611. The molecule has 0 amide bonds. The van der Waals surface area contributed by atoms with Crippen molar-refractivity contribution in [3.05, 3.63) is 17.5 Å². The Bertz CT molecular complexity index is 593. The van der Waals surface area contributed by atoms with Gasteiger partial charge in [-0.25, -0.2) is 18.4 Å². The monoisotopic (exact) mass is 268 g/mol. The second kappa shape index (κ2) is 3.30. The SMILES string of the molecule is O=S(=O)(Cl)c1cc2nc(Cl)ncc2s1. The highest BCUT2D eigenvalue weighted by molar-refractivity contribution is 8.15. The largest absolute Gasteiger partial charge is 0.270 e. The molecule has 0 aliphatic carbocycles. The molecule has 2 rings (SSSR count). The Labute approximate surface area is 92.9 Å². The Hall–Kier alpha value is -0.430. The van der Waals surface area contributed by atoms with Crippen molar-refractivity contribution in [3.63, 3.8) is 0 Å². The quantitative estimate of drug-likeness (QED) is 0.588. The van der Waals surface area contributed by atoms with Crippen molar-refractivity contribution < 1.29 is 8.42 Å². The van der Waals surface area contributed by atoms with Gasteiger partial charge >= 0.3 is 0 Å². The van der Waals surface area contributed by atoms with Crippen LogP contribution in [0.4, 0.5) is 0 Å². The van der Waals surface area contributed by atoms with Crippen molar-refractivity contribution in [2.75, 3.05) is 0 Å². The number of rotatable bonds is 1. The zero-order valence-electron chi connectivity index (χ0n) is 6.44. The van der Waals surface area contributed by atoms with E-state index in [0.717, 1.165) is 11.3 Å². The fraction of sp³-hybridized carbons (Fsp3) is 0. The van der Waals surface area contributed by atoms with E-state index < -0.39 is 9.05 Å². The first-order chi connectivity index (χ1) is 6.47. The van der Waals surface area contributed by atoms with Gasteiger partial charge in [-0.3, -0.25) is 0 Å². The van der Waals surface area contributed by atoms with Crippen molar-refractivity contribution in [2.45, 2.75) is 4.21 Å². The summed E-state index contributed by atoms with van der Waals surface area (Å²) in [6.45, 7) is 0. The number of hydrogen-bond donors (Lipinski definition) is 0. The van der Waals surface area contributed by atoms with Gasteiger partial charge in [-0.15, -0.1) is 11.3 Å². The van der Waals surface area contributed by atoms with Gasteiger partial charge in [-0.2, -0.15) is 0 Å². The van der Waals surface area contributed by atoms with Crippen LogP contribution >= 0.6 is 33.6 Å². The van der Waals surface area contributed by atoms with Gasteiger partial charge in [0.25, 0.3) is 9.05 Å². The summed E-state index contributed by atoms with van der Waals surface area (Å²) in [5.41, 5.74) is 0.481. The molecule has 0 N–H and O–H groups in total. The molecular formula is C6H2Cl2N2O2S2. The maximum Gasteiger partial charge on any atom is 0.270 e. The van der Waals surface area contributed by atoms with E-state index in [1.54, 1.807) is 0 Å². The molecular weight excluding hydrogens is 267 g/mol. The zero-order chi connectivity index (χ0) is 10.3. The Morgan fingerprint density at radius 1 is 1.43 bits per heavy atom. The molecule has 0 spiro atoms. The molecule has 0 aromatic carbocycles. The topological polar surface area (TPSA) is 59.9 Å². The van der Waals surface area contributed by atoms with Gasteiger partial charge in [0.15, 0.2) is 0 Å². The first kappa shape index (κ1) is 10.1. The van der Waals surface area contributed by atoms with E-state index in [9.17, 15) is 8.42 Å². The maximum atomic E-state index is 11.0. The van der Waals surface area contributed by atoms with Crippen molar-refractivity contribution in [3.8, 4) is 0 Å². The predicted molar refractivity (Wildman–Crippen MR) is 55.5 cm³/mol. The molecule has 14 heavy (non-hydrogen) atoms. The summed E-state index contributed by atoms with van der Waals surface area (Å²) in [5, 5.41) is 0.0776. The molecule has 0 aliphatic rings. The van der Waals surface area contributed by atoms with Gasteiger partial charge in [0, 0.05) is 16.9 Å². The minimum atomic E-state index is -3.70. The number of fused-ring (bicyclic) bond motifs is 1. The molecule has 0 aliphatic heterocycles. The third-order valence-corrected chi connectivity index (χ3v) is 4.77. The Kier molecular flexibility index (Phi) is 2.38. The normalized spacial score (nSPS) is 12.1. The summed E-state index contributed by atoms with van der Waals surface area (Å²) < 4.78 is 22.6. The molecule has 0 saturated carbocycles. The van der Waals surface area contributed by atoms with E-state index in [-0.39, 0.29) is 9.49 Å². The van der Waals surface area contributed by atoms with Crippen LogP contribution in [0.15, 0.2) is 16.5 Å². The third kappa shape index (κ3) is 1.83. The maximum absolute atomic E-state index is 11.0. The standard InChI is InChI=1S/C6H2Cl2N2O2S2/c7-6-9-2-4-3(10-6)1-5(13-4)14(8,11)12/h1-2H. The van der Waals surface area contributed by atoms with Gasteiger partial charge in [0.05, 0.1) is 10.2 Å². The molecule has 4 nitrogen and oxygen atoms in total. The van der Waals surface area contributed by atoms with Gasteiger partial charge in [-0.1, -0.05) is 0 Å². The van der Waals surface area contributed by atoms with E-state index >= 15 is 0 Å². The highest BCUT2D eigenvalue weighted by Crippen LogP contribution is 2.29. The average molecular weight is 269 g/mol. The van der Waals surface area contributed by atoms with Crippen molar-refractivity contribution in [1.82, 2.24) is 9.97 Å². The lowest BCUT2D eigenvalue weighted by Crippen LogP contribution is -1.83. The van der Waals surface area contributed by atoms with Crippen LogP contribution in [-0.4, -0.2) is 18.4 Å². The highest BCUT2D eigenvalue weighted by atomic mass is 35.7. The summed E-state index contributed by atoms with van der Waals surface area (Å²) in [7, 11) is 1.47. The fourth-order valence-electron chi connectivity index (χ4n) is 0.913. The van der Waals surface area contributed by atoms with Crippen LogP contribution in [0.25, 0.3) is 10.2 Å². The van der Waals surface area contributed by atoms with Crippen LogP contribution in [0.5, 0.6) is 0 Å². The number of hydrogen-bond acceptors (Lipinski definition) is 5. The summed E-state index contributed by atoms with van der Waals surface area (Å²) in [6.07, 6.45) is 1.46. The second-order valence-electron chi connectivity index (χ2n) is 2.39. The zero-order valence-corrected chi connectivity index (χ0v) is 9.58. The number of thiophene rings is 1. The molecule has 0 atom stereocenters. The Morgan fingerprint density at radius 3 is 2.79 bits per heavy atom. The molecule has 2 heterocycles. The summed E-state index contributed by atoms with van der Waals surface area (Å²) in [4.78, 5) is 7.58. The highest BCUT2D eigenvalue weighted by Gasteiger charge is 2.15. The van der Waals surface area contributed by atoms with Gasteiger partial charge in [0.1, 0.15) is 4.21 Å². The number of aromatic nitrogens is 2. The van der Waals surface area contributed by atoms with Gasteiger partial charge in [0.2, 0.25) is 5.28 Å². The predicted octanol–water partition coefficient (Wildman–Crippen LogP) is 2.27. The van der Waals surface area contributed by atoms with Crippen LogP contribution in [0.3, 0.4) is 0 Å². The van der Waals surface area contributed by atoms with Crippen molar-refractivity contribution >= 4 is 52.9 Å². The van der Waals surface area contributed by atoms with Crippen LogP contribution in [0.2, 0.25) is 5.28 Å². The molecule has 0 radical (unpaired) electrons. The fourth-order valence-corrected chi connectivity index (χ4v) is 3.09. The van der Waals surface area contributed by atoms with Crippen molar-refractivity contribution in [2.24, 2.45) is 0 Å². The first-order valence-corrected chi connectivity index (χ1v) is 6.84. The van der Waals surface area contributed by atoms with Crippen molar-refractivity contribution in [1.29, 1.82) is 0 Å². The van der Waals surface area contributed by atoms with E-state index in [2.05, 4.69) is 9.97 Å². The smallest absolute Gasteiger partial charge is 0.225 e. The molecule has 0 saturated heterocycles. The summed E-state index contributed by atoms with van der Waals surface area (Å²) in [6, 6.07) is 1.37. The van der Waals surface area contributed by atoms with Crippen LogP contribution < -0.4 is 0 Å². The van der Waals surface area contributed by atoms with E-state index in [1.807, 2.05) is 0 Å². The Balaban J connectivity index is 2.75. The second-order valence-corrected chi connectivity index (χ2v) is 6.61. The van der Waals surface area contributed by atoms with Crippen LogP contribution in [0, 0.1) is 0 Å². The molecule has 8 heteroatoms. The van der Waals surface area contributed by atoms with Crippen LogP contribution in [-0.2, 0) is 9.05 Å². The third-order valence-electron chi connectivity index (χ3n) is 1.46. The number of halogens is 2. The average Bonchev–Trinajstić information content (AvgIpc) is 2.45. The molecule has 0 fully saturated rings. The minimum Gasteiger partial charge on any atom is -0.225 e. The van der Waals surface area contributed by atoms with E-state index in [1.165, 1.54) is 12.3 Å². The van der Waals surface area contributed by atoms with E-state index in [0.29, 0.717) is 10.2 Å². The molecule has 0 unspecified atom stereocenters. The minimum absolute atomic E-state index is 0.0470. The lowest BCUT2D eigenvalue weighted by atomic mass is 10.5. The first-order valence-electron chi connectivity index (χ1n) is 3.33. The summed E-state index contributed by atoms with van der Waals surface area (Å²) in [5.74, 6) is 0. The molecule has 0 bridgehead atoms. The summed E-state index contributed by atoms with van der Waals surface area (Å²) >= 11 is 6.55. The molecule has 2 aromatic rings. The Morgan fingerprint density at radius 2 is 2.14 bits per heavy atom. The number of nitrogens with zero attached hydrogens (tertiary/aromatic N) is 2. The van der Waals surface area contributed by atoms with Gasteiger partial charge in [-0.05, 0) is 17.7 Å². The van der Waals surface area contributed by atoms with E-state index in [4.69, 9.17) is 22.3 Å². The molecule has 2 aromatic heterocycles. The van der Waals surface area contributed by atoms with Gasteiger partial charge < -0.3 is 0 Å². The molecule has 74 valence electrons.